The van der Waals surface area contributed by atoms with Crippen LogP contribution in [0, 0.1) is 5.41 Å². The van der Waals surface area contributed by atoms with Gasteiger partial charge >= 0.3 is 12.0 Å². The quantitative estimate of drug-likeness (QED) is 0.830. The molecule has 0 radical (unpaired) electrons. The number of carboxylic acid groups (broad SMARTS) is 1. The Labute approximate surface area is 125 Å². The van der Waals surface area contributed by atoms with Crippen LogP contribution in [-0.4, -0.2) is 53.8 Å². The summed E-state index contributed by atoms with van der Waals surface area (Å²) in [5.41, 5.74) is -0.393. The second-order valence-electron chi connectivity index (χ2n) is 6.68. The number of hydrogen-bond donors (Lipinski definition) is 2. The number of nitrogens with zero attached hydrogens (tertiary/aromatic N) is 1. The van der Waals surface area contributed by atoms with Gasteiger partial charge in [0.05, 0.1) is 6.10 Å². The van der Waals surface area contributed by atoms with Crippen molar-refractivity contribution in [1.82, 2.24) is 10.2 Å². The number of nitrogens with one attached hydrogen (secondary N) is 1. The van der Waals surface area contributed by atoms with E-state index in [2.05, 4.69) is 5.32 Å². The zero-order valence-electron chi connectivity index (χ0n) is 12.9. The maximum Gasteiger partial charge on any atom is 0.327 e. The van der Waals surface area contributed by atoms with Gasteiger partial charge in [0.2, 0.25) is 0 Å². The van der Waals surface area contributed by atoms with E-state index in [4.69, 9.17) is 4.74 Å². The molecule has 21 heavy (non-hydrogen) atoms. The Morgan fingerprint density at radius 1 is 1.38 bits per heavy atom. The van der Waals surface area contributed by atoms with Crippen molar-refractivity contribution >= 4 is 12.0 Å². The number of carbonyl (C=O) groups excluding carboxylic acids is 1. The predicted octanol–water partition coefficient (Wildman–Crippen LogP) is 1.84. The molecule has 2 rings (SSSR count). The lowest BCUT2D eigenvalue weighted by atomic mass is 9.76. The van der Waals surface area contributed by atoms with Crippen LogP contribution in [0.4, 0.5) is 4.79 Å². The molecule has 2 heterocycles. The lowest BCUT2D eigenvalue weighted by Crippen LogP contribution is -2.58. The number of carbonyl (C=O) groups is 2. The smallest absolute Gasteiger partial charge is 0.327 e. The summed E-state index contributed by atoms with van der Waals surface area (Å²) < 4.78 is 5.51. The second kappa shape index (κ2) is 6.64. The Morgan fingerprint density at radius 2 is 2.14 bits per heavy atom. The van der Waals surface area contributed by atoms with Gasteiger partial charge in [-0.3, -0.25) is 0 Å². The van der Waals surface area contributed by atoms with Crippen LogP contribution in [0.3, 0.4) is 0 Å². The predicted molar refractivity (Wildman–Crippen MR) is 78.1 cm³/mol. The van der Waals surface area contributed by atoms with Gasteiger partial charge in [0.15, 0.2) is 0 Å². The molecule has 6 nitrogen and oxygen atoms in total. The number of amides is 2. The van der Waals surface area contributed by atoms with Gasteiger partial charge < -0.3 is 20.1 Å². The van der Waals surface area contributed by atoms with Crippen LogP contribution < -0.4 is 5.32 Å². The monoisotopic (exact) mass is 298 g/mol. The van der Waals surface area contributed by atoms with Crippen molar-refractivity contribution in [3.8, 4) is 0 Å². The van der Waals surface area contributed by atoms with E-state index in [1.165, 1.54) is 4.90 Å². The molecular formula is C15H26N2O4. The van der Waals surface area contributed by atoms with Crippen LogP contribution >= 0.6 is 0 Å². The summed E-state index contributed by atoms with van der Waals surface area (Å²) in [5.74, 6) is -0.922. The molecule has 0 aromatic rings. The molecule has 0 aromatic heterocycles. The lowest BCUT2D eigenvalue weighted by Gasteiger charge is -2.43. The Hall–Kier alpha value is -1.30. The number of hydrogen-bond acceptors (Lipinski definition) is 3. The van der Waals surface area contributed by atoms with Crippen LogP contribution in [0.1, 0.15) is 46.0 Å². The summed E-state index contributed by atoms with van der Waals surface area (Å²) in [6.07, 6.45) is 4.82. The van der Waals surface area contributed by atoms with Crippen molar-refractivity contribution in [2.75, 3.05) is 19.7 Å². The maximum atomic E-state index is 12.3. The van der Waals surface area contributed by atoms with Crippen molar-refractivity contribution in [1.29, 1.82) is 0 Å². The first-order valence-electron chi connectivity index (χ1n) is 7.81. The molecule has 0 saturated carbocycles. The average molecular weight is 298 g/mol. The highest BCUT2D eigenvalue weighted by atomic mass is 16.5. The zero-order chi connectivity index (χ0) is 15.5. The van der Waals surface area contributed by atoms with E-state index < -0.39 is 17.4 Å². The summed E-state index contributed by atoms with van der Waals surface area (Å²) in [7, 11) is 0. The molecule has 0 aliphatic carbocycles. The molecule has 2 aliphatic rings. The first-order valence-corrected chi connectivity index (χ1v) is 7.81. The van der Waals surface area contributed by atoms with E-state index in [0.717, 1.165) is 38.7 Å². The normalized spacial score (nSPS) is 28.4. The van der Waals surface area contributed by atoms with Crippen LogP contribution in [0.25, 0.3) is 0 Å². The van der Waals surface area contributed by atoms with E-state index in [9.17, 15) is 14.7 Å². The maximum absolute atomic E-state index is 12.3. The Bertz CT molecular complexity index is 391. The van der Waals surface area contributed by atoms with Crippen molar-refractivity contribution < 1.29 is 19.4 Å². The van der Waals surface area contributed by atoms with Gasteiger partial charge in [0.25, 0.3) is 0 Å². The fourth-order valence-corrected chi connectivity index (χ4v) is 3.39. The first kappa shape index (κ1) is 16.1. The molecule has 0 aromatic carbocycles. The lowest BCUT2D eigenvalue weighted by molar-refractivity contribution is -0.148. The summed E-state index contributed by atoms with van der Waals surface area (Å²) in [6.45, 7) is 5.67. The van der Waals surface area contributed by atoms with Crippen molar-refractivity contribution in [2.24, 2.45) is 5.41 Å². The molecule has 0 bridgehead atoms. The van der Waals surface area contributed by atoms with Crippen molar-refractivity contribution in [3.63, 3.8) is 0 Å². The Morgan fingerprint density at radius 3 is 2.76 bits per heavy atom. The van der Waals surface area contributed by atoms with E-state index in [0.29, 0.717) is 13.1 Å². The second-order valence-corrected chi connectivity index (χ2v) is 6.68. The highest BCUT2D eigenvalue weighted by Gasteiger charge is 2.44. The van der Waals surface area contributed by atoms with Crippen LogP contribution in [-0.2, 0) is 9.53 Å². The van der Waals surface area contributed by atoms with Crippen LogP contribution in [0.2, 0.25) is 0 Å². The Balaban J connectivity index is 1.88. The summed E-state index contributed by atoms with van der Waals surface area (Å²) in [5, 5.41) is 12.3. The fraction of sp³-hybridized carbons (Fsp3) is 0.867. The number of likely N-dealkylation sites (tertiary alicyclic amines) is 1. The van der Waals surface area contributed by atoms with Gasteiger partial charge in [-0.1, -0.05) is 13.8 Å². The van der Waals surface area contributed by atoms with Gasteiger partial charge in [-0.25, -0.2) is 9.59 Å². The van der Waals surface area contributed by atoms with Gasteiger partial charge in [-0.2, -0.15) is 0 Å². The molecule has 6 heteroatoms. The van der Waals surface area contributed by atoms with Gasteiger partial charge in [-0.15, -0.1) is 0 Å². The SMILES string of the molecule is CC1(C)CCCN(C(=O)NCCC2CCCO2)C1C(=O)O. The minimum atomic E-state index is -0.922. The third-order valence-electron chi connectivity index (χ3n) is 4.53. The summed E-state index contributed by atoms with van der Waals surface area (Å²) >= 11 is 0. The molecule has 120 valence electrons. The molecule has 2 unspecified atom stereocenters. The molecule has 2 fully saturated rings. The third-order valence-corrected chi connectivity index (χ3v) is 4.53. The molecule has 0 spiro atoms. The molecular weight excluding hydrogens is 272 g/mol. The van der Waals surface area contributed by atoms with E-state index in [1.54, 1.807) is 0 Å². The largest absolute Gasteiger partial charge is 0.480 e. The van der Waals surface area contributed by atoms with Gasteiger partial charge in [0, 0.05) is 19.7 Å². The molecule has 2 amide bonds. The zero-order valence-corrected chi connectivity index (χ0v) is 12.9. The summed E-state index contributed by atoms with van der Waals surface area (Å²) in [4.78, 5) is 25.3. The third kappa shape index (κ3) is 3.87. The number of aliphatic carboxylic acids is 1. The van der Waals surface area contributed by atoms with E-state index >= 15 is 0 Å². The highest BCUT2D eigenvalue weighted by Crippen LogP contribution is 2.35. The van der Waals surface area contributed by atoms with Crippen LogP contribution in [0.5, 0.6) is 0 Å². The minimum absolute atomic E-state index is 0.235. The minimum Gasteiger partial charge on any atom is -0.480 e. The topological polar surface area (TPSA) is 78.9 Å². The molecule has 2 saturated heterocycles. The first-order chi connectivity index (χ1) is 9.92. The Kier molecular flexibility index (Phi) is 5.08. The fourth-order valence-electron chi connectivity index (χ4n) is 3.39. The summed E-state index contributed by atoms with van der Waals surface area (Å²) in [6, 6.07) is -1.03. The van der Waals surface area contributed by atoms with Gasteiger partial charge in [-0.05, 0) is 37.5 Å². The van der Waals surface area contributed by atoms with Crippen LogP contribution in [0.15, 0.2) is 0 Å². The molecule has 2 aliphatic heterocycles. The number of ether oxygens (including phenoxy) is 1. The van der Waals surface area contributed by atoms with E-state index in [1.807, 2.05) is 13.8 Å². The van der Waals surface area contributed by atoms with Gasteiger partial charge in [0.1, 0.15) is 6.04 Å². The number of piperidine rings is 1. The number of carboxylic acids is 1. The average Bonchev–Trinajstić information content (AvgIpc) is 2.89. The molecule has 2 atom stereocenters. The number of urea groups is 1. The standard InChI is InChI=1S/C15H26N2O4/c1-15(2)7-4-9-17(12(15)13(18)19)14(20)16-8-6-11-5-3-10-21-11/h11-12H,3-10H2,1-2H3,(H,16,20)(H,18,19). The van der Waals surface area contributed by atoms with Crippen molar-refractivity contribution in [3.05, 3.63) is 0 Å². The number of rotatable bonds is 4. The molecule has 2 N–H and O–H groups in total. The van der Waals surface area contributed by atoms with E-state index in [-0.39, 0.29) is 12.1 Å². The highest BCUT2D eigenvalue weighted by molar-refractivity contribution is 5.83. The van der Waals surface area contributed by atoms with Crippen molar-refractivity contribution in [2.45, 2.75) is 58.1 Å².